The Bertz CT molecular complexity index is 85.0. The van der Waals surface area contributed by atoms with Crippen molar-refractivity contribution in [3.63, 3.8) is 0 Å². The standard InChI is InChI=1S/C7H13BrO/c1-6-4-7(5-8)2-3-9-6/h6-7H,2-5H2,1H3/t6-,7+/m1/s1. The van der Waals surface area contributed by atoms with E-state index in [1.807, 2.05) is 0 Å². The lowest BCUT2D eigenvalue weighted by Crippen LogP contribution is -2.23. The second-order valence-corrected chi connectivity index (χ2v) is 3.37. The van der Waals surface area contributed by atoms with E-state index in [-0.39, 0.29) is 0 Å². The summed E-state index contributed by atoms with van der Waals surface area (Å²) in [5, 5.41) is 1.14. The minimum absolute atomic E-state index is 0.487. The summed E-state index contributed by atoms with van der Waals surface area (Å²) in [6.07, 6.45) is 2.95. The molecule has 1 aliphatic rings. The third-order valence-corrected chi connectivity index (χ3v) is 2.73. The molecule has 1 rings (SSSR count). The zero-order valence-electron chi connectivity index (χ0n) is 5.77. The molecule has 0 saturated carbocycles. The summed E-state index contributed by atoms with van der Waals surface area (Å²) in [6.45, 7) is 3.10. The topological polar surface area (TPSA) is 9.23 Å². The molecule has 1 fully saturated rings. The Morgan fingerprint density at radius 3 is 2.89 bits per heavy atom. The summed E-state index contributed by atoms with van der Waals surface area (Å²) in [7, 11) is 0. The van der Waals surface area contributed by atoms with Gasteiger partial charge in [-0.3, -0.25) is 0 Å². The van der Waals surface area contributed by atoms with Crippen molar-refractivity contribution in [2.45, 2.75) is 25.9 Å². The Hall–Kier alpha value is 0.440. The normalized spacial score (nSPS) is 36.7. The predicted molar refractivity (Wildman–Crippen MR) is 41.9 cm³/mol. The van der Waals surface area contributed by atoms with E-state index in [1.165, 1.54) is 12.8 Å². The SMILES string of the molecule is C[C@@H]1C[C@@H](CBr)CCO1. The summed E-state index contributed by atoms with van der Waals surface area (Å²) >= 11 is 3.48. The summed E-state index contributed by atoms with van der Waals surface area (Å²) in [4.78, 5) is 0. The summed E-state index contributed by atoms with van der Waals surface area (Å²) < 4.78 is 5.39. The minimum atomic E-state index is 0.487. The van der Waals surface area contributed by atoms with Crippen molar-refractivity contribution >= 4 is 15.9 Å². The van der Waals surface area contributed by atoms with Gasteiger partial charge < -0.3 is 4.74 Å². The fourth-order valence-electron chi connectivity index (χ4n) is 1.23. The third-order valence-electron chi connectivity index (χ3n) is 1.81. The number of hydrogen-bond acceptors (Lipinski definition) is 1. The van der Waals surface area contributed by atoms with E-state index in [9.17, 15) is 0 Å². The molecule has 0 spiro atoms. The highest BCUT2D eigenvalue weighted by atomic mass is 79.9. The second kappa shape index (κ2) is 3.57. The first-order valence-electron chi connectivity index (χ1n) is 3.50. The monoisotopic (exact) mass is 192 g/mol. The lowest BCUT2D eigenvalue weighted by Gasteiger charge is -2.25. The Labute approximate surface area is 64.9 Å². The van der Waals surface area contributed by atoms with Crippen LogP contribution in [-0.2, 0) is 4.74 Å². The van der Waals surface area contributed by atoms with Crippen LogP contribution in [0.4, 0.5) is 0 Å². The van der Waals surface area contributed by atoms with Crippen LogP contribution in [0.2, 0.25) is 0 Å². The van der Waals surface area contributed by atoms with E-state index in [0.717, 1.165) is 17.9 Å². The highest BCUT2D eigenvalue weighted by molar-refractivity contribution is 9.09. The van der Waals surface area contributed by atoms with E-state index in [0.29, 0.717) is 6.10 Å². The van der Waals surface area contributed by atoms with Gasteiger partial charge in [0, 0.05) is 11.9 Å². The van der Waals surface area contributed by atoms with E-state index in [4.69, 9.17) is 4.74 Å². The van der Waals surface area contributed by atoms with Crippen molar-refractivity contribution in [2.75, 3.05) is 11.9 Å². The molecule has 54 valence electrons. The smallest absolute Gasteiger partial charge is 0.0549 e. The third kappa shape index (κ3) is 2.26. The first-order chi connectivity index (χ1) is 4.33. The molecule has 1 saturated heterocycles. The van der Waals surface area contributed by atoms with Crippen LogP contribution in [0.1, 0.15) is 19.8 Å². The maximum atomic E-state index is 5.39. The Morgan fingerprint density at radius 2 is 2.44 bits per heavy atom. The van der Waals surface area contributed by atoms with Crippen molar-refractivity contribution in [1.82, 2.24) is 0 Å². The van der Waals surface area contributed by atoms with Gasteiger partial charge in [-0.25, -0.2) is 0 Å². The molecule has 1 heterocycles. The van der Waals surface area contributed by atoms with Crippen molar-refractivity contribution in [3.05, 3.63) is 0 Å². The van der Waals surface area contributed by atoms with Crippen LogP contribution in [0, 0.1) is 5.92 Å². The zero-order valence-corrected chi connectivity index (χ0v) is 7.36. The average molecular weight is 193 g/mol. The predicted octanol–water partition coefficient (Wildman–Crippen LogP) is 2.20. The Balaban J connectivity index is 2.23. The molecule has 0 aromatic rings. The molecular formula is C7H13BrO. The lowest BCUT2D eigenvalue weighted by atomic mass is 9.99. The van der Waals surface area contributed by atoms with E-state index in [2.05, 4.69) is 22.9 Å². The van der Waals surface area contributed by atoms with Gasteiger partial charge >= 0.3 is 0 Å². The summed E-state index contributed by atoms with van der Waals surface area (Å²) in [6, 6.07) is 0. The maximum absolute atomic E-state index is 5.39. The molecule has 2 heteroatoms. The van der Waals surface area contributed by atoms with Crippen LogP contribution in [0.5, 0.6) is 0 Å². The van der Waals surface area contributed by atoms with E-state index >= 15 is 0 Å². The molecule has 1 nitrogen and oxygen atoms in total. The maximum Gasteiger partial charge on any atom is 0.0549 e. The van der Waals surface area contributed by atoms with Crippen molar-refractivity contribution in [3.8, 4) is 0 Å². The van der Waals surface area contributed by atoms with Gasteiger partial charge in [0.15, 0.2) is 0 Å². The highest BCUT2D eigenvalue weighted by Crippen LogP contribution is 2.20. The first-order valence-corrected chi connectivity index (χ1v) is 4.62. The lowest BCUT2D eigenvalue weighted by molar-refractivity contribution is 0.00806. The van der Waals surface area contributed by atoms with Gasteiger partial charge in [-0.05, 0) is 25.7 Å². The average Bonchev–Trinajstić information content (AvgIpc) is 1.88. The minimum Gasteiger partial charge on any atom is -0.378 e. The largest absolute Gasteiger partial charge is 0.378 e. The quantitative estimate of drug-likeness (QED) is 0.580. The van der Waals surface area contributed by atoms with Gasteiger partial charge in [0.2, 0.25) is 0 Å². The Kier molecular flexibility index (Phi) is 2.99. The molecule has 0 unspecified atom stereocenters. The van der Waals surface area contributed by atoms with Crippen LogP contribution in [0.25, 0.3) is 0 Å². The number of halogens is 1. The van der Waals surface area contributed by atoms with Crippen LogP contribution >= 0.6 is 15.9 Å². The van der Waals surface area contributed by atoms with Gasteiger partial charge in [0.25, 0.3) is 0 Å². The summed E-state index contributed by atoms with van der Waals surface area (Å²) in [5.74, 6) is 0.855. The number of ether oxygens (including phenoxy) is 1. The van der Waals surface area contributed by atoms with E-state index < -0.39 is 0 Å². The molecule has 0 radical (unpaired) electrons. The molecule has 0 aromatic carbocycles. The van der Waals surface area contributed by atoms with Crippen LogP contribution in [-0.4, -0.2) is 18.0 Å². The first kappa shape index (κ1) is 7.55. The molecule has 2 atom stereocenters. The molecule has 0 N–H and O–H groups in total. The van der Waals surface area contributed by atoms with Crippen molar-refractivity contribution in [2.24, 2.45) is 5.92 Å². The fourth-order valence-corrected chi connectivity index (χ4v) is 1.82. The van der Waals surface area contributed by atoms with Gasteiger partial charge in [-0.15, -0.1) is 0 Å². The second-order valence-electron chi connectivity index (χ2n) is 2.73. The number of alkyl halides is 1. The molecule has 9 heavy (non-hydrogen) atoms. The number of hydrogen-bond donors (Lipinski definition) is 0. The molecule has 1 aliphatic heterocycles. The number of rotatable bonds is 1. The molecule has 0 aliphatic carbocycles. The van der Waals surface area contributed by atoms with Crippen LogP contribution in [0.15, 0.2) is 0 Å². The Morgan fingerprint density at radius 1 is 1.67 bits per heavy atom. The van der Waals surface area contributed by atoms with Crippen LogP contribution < -0.4 is 0 Å². The zero-order chi connectivity index (χ0) is 6.69. The van der Waals surface area contributed by atoms with E-state index in [1.54, 1.807) is 0 Å². The molecule has 0 amide bonds. The fraction of sp³-hybridized carbons (Fsp3) is 1.00. The van der Waals surface area contributed by atoms with Gasteiger partial charge in [0.05, 0.1) is 6.10 Å². The van der Waals surface area contributed by atoms with Crippen LogP contribution in [0.3, 0.4) is 0 Å². The summed E-state index contributed by atoms with van der Waals surface area (Å²) in [5.41, 5.74) is 0. The van der Waals surface area contributed by atoms with Gasteiger partial charge in [0.1, 0.15) is 0 Å². The van der Waals surface area contributed by atoms with Crippen molar-refractivity contribution < 1.29 is 4.74 Å². The van der Waals surface area contributed by atoms with Crippen molar-refractivity contribution in [1.29, 1.82) is 0 Å². The van der Waals surface area contributed by atoms with Gasteiger partial charge in [-0.2, -0.15) is 0 Å². The molecule has 0 aromatic heterocycles. The van der Waals surface area contributed by atoms with Gasteiger partial charge in [-0.1, -0.05) is 15.9 Å². The molecule has 0 bridgehead atoms. The highest BCUT2D eigenvalue weighted by Gasteiger charge is 2.17. The molecular weight excluding hydrogens is 180 g/mol.